The van der Waals surface area contributed by atoms with Crippen LogP contribution >= 0.6 is 11.6 Å². The van der Waals surface area contributed by atoms with Gasteiger partial charge in [-0.05, 0) is 74.4 Å². The van der Waals surface area contributed by atoms with Crippen LogP contribution in [0.5, 0.6) is 0 Å². The van der Waals surface area contributed by atoms with Crippen molar-refractivity contribution in [1.29, 1.82) is 0 Å². The number of aryl methyl sites for hydroxylation is 1. The Balaban J connectivity index is 1.27. The summed E-state index contributed by atoms with van der Waals surface area (Å²) in [6, 6.07) is 13.7. The Hall–Kier alpha value is -3.06. The molecule has 3 N–H and O–H groups in total. The molecule has 7 nitrogen and oxygen atoms in total. The first-order valence-corrected chi connectivity index (χ1v) is 11.8. The first-order chi connectivity index (χ1) is 15.9. The summed E-state index contributed by atoms with van der Waals surface area (Å²) >= 11 is 5.98. The van der Waals surface area contributed by atoms with Crippen LogP contribution in [-0.2, 0) is 0 Å². The van der Waals surface area contributed by atoms with E-state index in [1.165, 1.54) is 0 Å². The quantitative estimate of drug-likeness (QED) is 0.450. The van der Waals surface area contributed by atoms with Crippen molar-refractivity contribution in [3.63, 3.8) is 0 Å². The van der Waals surface area contributed by atoms with E-state index in [9.17, 15) is 4.79 Å². The van der Waals surface area contributed by atoms with Gasteiger partial charge < -0.3 is 20.9 Å². The van der Waals surface area contributed by atoms with E-state index in [1.54, 1.807) is 6.07 Å². The maximum absolute atomic E-state index is 12.3. The summed E-state index contributed by atoms with van der Waals surface area (Å²) in [6.07, 6.45) is 4.15. The van der Waals surface area contributed by atoms with Crippen molar-refractivity contribution in [3.8, 4) is 0 Å². The van der Waals surface area contributed by atoms with Crippen LogP contribution in [0.3, 0.4) is 0 Å². The first kappa shape index (κ1) is 23.1. The highest BCUT2D eigenvalue weighted by atomic mass is 35.5. The van der Waals surface area contributed by atoms with Crippen LogP contribution in [0.2, 0.25) is 5.02 Å². The van der Waals surface area contributed by atoms with Gasteiger partial charge in [-0.3, -0.25) is 0 Å². The number of nitrogens with one attached hydrogen (secondary N) is 3. The molecule has 2 aromatic carbocycles. The number of carbonyl (C=O) groups excluding carboxylic acids is 1. The molecule has 1 aliphatic rings. The lowest BCUT2D eigenvalue weighted by Crippen LogP contribution is -2.36. The number of carbonyl (C=O) groups is 1. The predicted octanol–water partition coefficient (Wildman–Crippen LogP) is 5.45. The highest BCUT2D eigenvalue weighted by Crippen LogP contribution is 2.28. The van der Waals surface area contributed by atoms with Crippen molar-refractivity contribution in [1.82, 2.24) is 15.3 Å². The molecule has 2 amide bonds. The molecule has 0 atom stereocenters. The number of anilines is 3. The lowest BCUT2D eigenvalue weighted by Gasteiger charge is -2.29. The summed E-state index contributed by atoms with van der Waals surface area (Å²) in [5, 5.41) is 11.2. The standard InChI is InChI=1S/C25H31ClN6O/c1-16-14-18(26)10-13-21(16)30-25(33)27-15-17-8-11-19(12-9-17)28-24-29-22-7-5-4-6-20(22)23(31-24)32(2)3/h4-7,10,13-14,17,19H,8-9,11-12,15H2,1-3H3,(H2,27,30,33)(H,28,29,31). The van der Waals surface area contributed by atoms with Crippen molar-refractivity contribution in [3.05, 3.63) is 53.1 Å². The van der Waals surface area contributed by atoms with E-state index < -0.39 is 0 Å². The van der Waals surface area contributed by atoms with Crippen LogP contribution in [0, 0.1) is 12.8 Å². The van der Waals surface area contributed by atoms with Gasteiger partial charge in [-0.25, -0.2) is 9.78 Å². The molecule has 0 spiro atoms. The van der Waals surface area contributed by atoms with Crippen molar-refractivity contribution in [2.75, 3.05) is 36.2 Å². The van der Waals surface area contributed by atoms with Crippen molar-refractivity contribution < 1.29 is 4.79 Å². The molecule has 8 heteroatoms. The Bertz CT molecular complexity index is 1130. The topological polar surface area (TPSA) is 82.2 Å². The van der Waals surface area contributed by atoms with E-state index >= 15 is 0 Å². The molecule has 0 saturated heterocycles. The van der Waals surface area contributed by atoms with Crippen LogP contribution in [0.1, 0.15) is 31.2 Å². The fourth-order valence-corrected chi connectivity index (χ4v) is 4.56. The molecule has 1 heterocycles. The van der Waals surface area contributed by atoms with E-state index in [2.05, 4.69) is 22.0 Å². The molecule has 1 saturated carbocycles. The number of rotatable bonds is 6. The molecule has 0 radical (unpaired) electrons. The minimum atomic E-state index is -0.179. The third-order valence-electron chi connectivity index (χ3n) is 6.17. The van der Waals surface area contributed by atoms with E-state index in [1.807, 2.05) is 56.3 Å². The molecular weight excluding hydrogens is 436 g/mol. The van der Waals surface area contributed by atoms with Gasteiger partial charge in [0.1, 0.15) is 5.82 Å². The van der Waals surface area contributed by atoms with Gasteiger partial charge in [0.15, 0.2) is 0 Å². The number of para-hydroxylation sites is 1. The highest BCUT2D eigenvalue weighted by molar-refractivity contribution is 6.30. The molecule has 1 fully saturated rings. The van der Waals surface area contributed by atoms with E-state index in [0.717, 1.165) is 53.7 Å². The van der Waals surface area contributed by atoms with Gasteiger partial charge >= 0.3 is 6.03 Å². The Kier molecular flexibility index (Phi) is 7.18. The normalized spacial score (nSPS) is 18.1. The van der Waals surface area contributed by atoms with Gasteiger partial charge in [0.25, 0.3) is 0 Å². The second-order valence-electron chi connectivity index (χ2n) is 8.94. The maximum Gasteiger partial charge on any atom is 0.319 e. The number of fused-ring (bicyclic) bond motifs is 1. The smallest absolute Gasteiger partial charge is 0.319 e. The lowest BCUT2D eigenvalue weighted by molar-refractivity contribution is 0.246. The van der Waals surface area contributed by atoms with Gasteiger partial charge in [0.2, 0.25) is 5.95 Å². The van der Waals surface area contributed by atoms with Crippen LogP contribution in [0.4, 0.5) is 22.2 Å². The van der Waals surface area contributed by atoms with Gasteiger partial charge in [-0.1, -0.05) is 23.7 Å². The lowest BCUT2D eigenvalue weighted by atomic mass is 9.86. The third kappa shape index (κ3) is 5.85. The minimum absolute atomic E-state index is 0.179. The molecule has 174 valence electrons. The SMILES string of the molecule is Cc1cc(Cl)ccc1NC(=O)NCC1CCC(Nc2nc(N(C)C)c3ccccc3n2)CC1. The molecule has 33 heavy (non-hydrogen) atoms. The van der Waals surface area contributed by atoms with Crippen LogP contribution < -0.4 is 20.9 Å². The molecule has 0 bridgehead atoms. The highest BCUT2D eigenvalue weighted by Gasteiger charge is 2.23. The Morgan fingerprint density at radius 1 is 1.09 bits per heavy atom. The summed E-state index contributed by atoms with van der Waals surface area (Å²) < 4.78 is 0. The molecule has 0 unspecified atom stereocenters. The summed E-state index contributed by atoms with van der Waals surface area (Å²) in [5.74, 6) is 2.06. The zero-order chi connectivity index (χ0) is 23.4. The summed E-state index contributed by atoms with van der Waals surface area (Å²) in [4.78, 5) is 23.8. The molecule has 3 aromatic rings. The molecule has 4 rings (SSSR count). The average molecular weight is 467 g/mol. The Morgan fingerprint density at radius 3 is 2.58 bits per heavy atom. The zero-order valence-corrected chi connectivity index (χ0v) is 20.1. The van der Waals surface area contributed by atoms with E-state index in [-0.39, 0.29) is 6.03 Å². The number of halogens is 1. The second kappa shape index (κ2) is 10.3. The number of hydrogen-bond acceptors (Lipinski definition) is 5. The summed E-state index contributed by atoms with van der Waals surface area (Å²) in [5.41, 5.74) is 2.66. The van der Waals surface area contributed by atoms with Gasteiger partial charge in [-0.15, -0.1) is 0 Å². The van der Waals surface area contributed by atoms with Gasteiger partial charge in [0, 0.05) is 42.8 Å². The number of amides is 2. The first-order valence-electron chi connectivity index (χ1n) is 11.4. The van der Waals surface area contributed by atoms with Crippen molar-refractivity contribution >= 4 is 46.0 Å². The Morgan fingerprint density at radius 2 is 1.85 bits per heavy atom. The van der Waals surface area contributed by atoms with Crippen LogP contribution in [-0.4, -0.2) is 42.7 Å². The monoisotopic (exact) mass is 466 g/mol. The van der Waals surface area contributed by atoms with Gasteiger partial charge in [-0.2, -0.15) is 4.98 Å². The minimum Gasteiger partial charge on any atom is -0.362 e. The molecule has 1 aromatic heterocycles. The number of urea groups is 1. The summed E-state index contributed by atoms with van der Waals surface area (Å²) in [7, 11) is 4.00. The predicted molar refractivity (Wildman–Crippen MR) is 136 cm³/mol. The number of benzene rings is 2. The Labute approximate surface area is 199 Å². The fourth-order valence-electron chi connectivity index (χ4n) is 4.33. The third-order valence-corrected chi connectivity index (χ3v) is 6.41. The number of nitrogens with zero attached hydrogens (tertiary/aromatic N) is 3. The molecule has 0 aliphatic heterocycles. The average Bonchev–Trinajstić information content (AvgIpc) is 2.80. The van der Waals surface area contributed by atoms with Crippen LogP contribution in [0.15, 0.2) is 42.5 Å². The number of hydrogen-bond donors (Lipinski definition) is 3. The van der Waals surface area contributed by atoms with Gasteiger partial charge in [0.05, 0.1) is 5.52 Å². The second-order valence-corrected chi connectivity index (χ2v) is 9.38. The largest absolute Gasteiger partial charge is 0.362 e. The molecular formula is C25H31ClN6O. The molecule has 1 aliphatic carbocycles. The van der Waals surface area contributed by atoms with E-state index in [4.69, 9.17) is 21.6 Å². The maximum atomic E-state index is 12.3. The number of aromatic nitrogens is 2. The van der Waals surface area contributed by atoms with Crippen molar-refractivity contribution in [2.45, 2.75) is 38.6 Å². The van der Waals surface area contributed by atoms with Crippen LogP contribution in [0.25, 0.3) is 10.9 Å². The van der Waals surface area contributed by atoms with E-state index in [0.29, 0.717) is 29.5 Å². The van der Waals surface area contributed by atoms with Crippen molar-refractivity contribution in [2.24, 2.45) is 5.92 Å². The summed E-state index contributed by atoms with van der Waals surface area (Å²) in [6.45, 7) is 2.60. The zero-order valence-electron chi connectivity index (χ0n) is 19.4. The fraction of sp³-hybridized carbons (Fsp3) is 0.400.